The van der Waals surface area contributed by atoms with Gasteiger partial charge in [0, 0.05) is 5.02 Å². The van der Waals surface area contributed by atoms with Gasteiger partial charge in [-0.05, 0) is 67.9 Å². The molecule has 0 aromatic heterocycles. The van der Waals surface area contributed by atoms with E-state index in [0.29, 0.717) is 17.3 Å². The van der Waals surface area contributed by atoms with E-state index in [1.54, 1.807) is 30.3 Å². The normalized spacial score (nSPS) is 12.1. The molecule has 168 valence electrons. The molecule has 0 spiro atoms. The van der Waals surface area contributed by atoms with Crippen LogP contribution in [-0.4, -0.2) is 27.5 Å². The molecule has 0 aliphatic carbocycles. The van der Waals surface area contributed by atoms with Crippen LogP contribution in [0, 0.1) is 0 Å². The Labute approximate surface area is 193 Å². The number of sulfonamides is 1. The van der Waals surface area contributed by atoms with Crippen LogP contribution in [0.5, 0.6) is 5.75 Å². The van der Waals surface area contributed by atoms with Crippen molar-refractivity contribution in [2.75, 3.05) is 17.5 Å². The summed E-state index contributed by atoms with van der Waals surface area (Å²) in [5, 5.41) is 3.30. The van der Waals surface area contributed by atoms with Gasteiger partial charge in [-0.1, -0.05) is 41.9 Å². The summed E-state index contributed by atoms with van der Waals surface area (Å²) in [7, 11) is -3.98. The third kappa shape index (κ3) is 5.81. The lowest BCUT2D eigenvalue weighted by Crippen LogP contribution is -2.41. The van der Waals surface area contributed by atoms with Crippen LogP contribution in [0.25, 0.3) is 0 Å². The van der Waals surface area contributed by atoms with Crippen molar-refractivity contribution in [3.8, 4) is 5.75 Å². The van der Waals surface area contributed by atoms with Crippen LogP contribution in [0.4, 0.5) is 5.69 Å². The molecule has 3 aromatic rings. The van der Waals surface area contributed by atoms with Crippen molar-refractivity contribution in [2.24, 2.45) is 0 Å². The molecule has 0 heterocycles. The highest BCUT2D eigenvalue weighted by Gasteiger charge is 2.27. The zero-order valence-electron chi connectivity index (χ0n) is 17.9. The van der Waals surface area contributed by atoms with Crippen LogP contribution < -0.4 is 14.4 Å². The van der Waals surface area contributed by atoms with Gasteiger partial charge in [0.2, 0.25) is 5.91 Å². The molecule has 0 aliphatic rings. The van der Waals surface area contributed by atoms with Gasteiger partial charge in [-0.3, -0.25) is 9.10 Å². The summed E-state index contributed by atoms with van der Waals surface area (Å²) >= 11 is 5.91. The maximum Gasteiger partial charge on any atom is 0.264 e. The predicted molar refractivity (Wildman–Crippen MR) is 127 cm³/mol. The SMILES string of the molecule is CCOc1ccc(C(C)NC(=O)CN(c2ccccc2)S(=O)(=O)c2ccc(Cl)cc2)cc1. The number of amides is 1. The van der Waals surface area contributed by atoms with E-state index in [2.05, 4.69) is 5.32 Å². The lowest BCUT2D eigenvalue weighted by atomic mass is 10.1. The third-order valence-electron chi connectivity index (χ3n) is 4.80. The number of nitrogens with one attached hydrogen (secondary N) is 1. The first kappa shape index (κ1) is 23.6. The molecule has 3 rings (SSSR count). The molecule has 0 saturated carbocycles. The second kappa shape index (κ2) is 10.5. The third-order valence-corrected chi connectivity index (χ3v) is 6.84. The van der Waals surface area contributed by atoms with E-state index in [9.17, 15) is 13.2 Å². The number of benzene rings is 3. The van der Waals surface area contributed by atoms with Crippen molar-refractivity contribution in [1.82, 2.24) is 5.32 Å². The second-order valence-electron chi connectivity index (χ2n) is 7.09. The Morgan fingerprint density at radius 3 is 2.22 bits per heavy atom. The molecule has 0 saturated heterocycles. The topological polar surface area (TPSA) is 75.7 Å². The molecular weight excluding hydrogens is 448 g/mol. The molecule has 3 aromatic carbocycles. The second-order valence-corrected chi connectivity index (χ2v) is 9.39. The Morgan fingerprint density at radius 1 is 1.00 bits per heavy atom. The maximum absolute atomic E-state index is 13.3. The minimum Gasteiger partial charge on any atom is -0.494 e. The summed E-state index contributed by atoms with van der Waals surface area (Å²) in [6.07, 6.45) is 0. The summed E-state index contributed by atoms with van der Waals surface area (Å²) in [5.41, 5.74) is 1.28. The number of carbonyl (C=O) groups excluding carboxylic acids is 1. The van der Waals surface area contributed by atoms with Crippen LogP contribution in [0.15, 0.2) is 83.8 Å². The number of nitrogens with zero attached hydrogens (tertiary/aromatic N) is 1. The average molecular weight is 473 g/mol. The first-order chi connectivity index (χ1) is 15.3. The van der Waals surface area contributed by atoms with E-state index in [-0.39, 0.29) is 17.5 Å². The van der Waals surface area contributed by atoms with Crippen LogP contribution in [-0.2, 0) is 14.8 Å². The van der Waals surface area contributed by atoms with Gasteiger partial charge in [0.15, 0.2) is 0 Å². The van der Waals surface area contributed by atoms with Crippen molar-refractivity contribution in [2.45, 2.75) is 24.8 Å². The molecule has 32 heavy (non-hydrogen) atoms. The highest BCUT2D eigenvalue weighted by Crippen LogP contribution is 2.25. The predicted octanol–water partition coefficient (Wildman–Crippen LogP) is 4.81. The Hall–Kier alpha value is -3.03. The van der Waals surface area contributed by atoms with Crippen molar-refractivity contribution in [1.29, 1.82) is 0 Å². The summed E-state index contributed by atoms with van der Waals surface area (Å²) in [5.74, 6) is 0.326. The number of hydrogen-bond acceptors (Lipinski definition) is 4. The molecule has 1 N–H and O–H groups in total. The zero-order chi connectivity index (χ0) is 23.1. The summed E-state index contributed by atoms with van der Waals surface area (Å²) in [4.78, 5) is 12.9. The van der Waals surface area contributed by atoms with Gasteiger partial charge in [-0.15, -0.1) is 0 Å². The van der Waals surface area contributed by atoms with E-state index in [4.69, 9.17) is 16.3 Å². The number of halogens is 1. The number of para-hydroxylation sites is 1. The molecule has 1 amide bonds. The molecule has 1 unspecified atom stereocenters. The standard InChI is InChI=1S/C24H25ClN2O4S/c1-3-31-22-13-9-19(10-14-22)18(2)26-24(28)17-27(21-7-5-4-6-8-21)32(29,30)23-15-11-20(25)12-16-23/h4-16,18H,3,17H2,1-2H3,(H,26,28). The molecule has 1 atom stereocenters. The fraction of sp³-hybridized carbons (Fsp3) is 0.208. The molecule has 0 bridgehead atoms. The fourth-order valence-electron chi connectivity index (χ4n) is 3.16. The molecule has 6 nitrogen and oxygen atoms in total. The lowest BCUT2D eigenvalue weighted by molar-refractivity contribution is -0.120. The smallest absolute Gasteiger partial charge is 0.264 e. The zero-order valence-corrected chi connectivity index (χ0v) is 19.4. The van der Waals surface area contributed by atoms with Crippen molar-refractivity contribution >= 4 is 33.2 Å². The van der Waals surface area contributed by atoms with E-state index >= 15 is 0 Å². The van der Waals surface area contributed by atoms with Gasteiger partial charge in [0.25, 0.3) is 10.0 Å². The molecular formula is C24H25ClN2O4S. The molecule has 0 radical (unpaired) electrons. The quantitative estimate of drug-likeness (QED) is 0.484. The Kier molecular flexibility index (Phi) is 7.77. The van der Waals surface area contributed by atoms with Gasteiger partial charge in [-0.25, -0.2) is 8.42 Å². The molecule has 0 aliphatic heterocycles. The van der Waals surface area contributed by atoms with Gasteiger partial charge in [0.1, 0.15) is 12.3 Å². The summed E-state index contributed by atoms with van der Waals surface area (Å²) in [6.45, 7) is 3.96. The van der Waals surface area contributed by atoms with E-state index in [0.717, 1.165) is 15.6 Å². The monoisotopic (exact) mass is 472 g/mol. The van der Waals surface area contributed by atoms with Crippen molar-refractivity contribution in [3.63, 3.8) is 0 Å². The highest BCUT2D eigenvalue weighted by atomic mass is 35.5. The Balaban J connectivity index is 1.80. The number of anilines is 1. The summed E-state index contributed by atoms with van der Waals surface area (Å²) in [6, 6.07) is 21.5. The van der Waals surface area contributed by atoms with E-state index in [1.807, 2.05) is 38.1 Å². The molecule has 0 fully saturated rings. The van der Waals surface area contributed by atoms with Crippen LogP contribution in [0.1, 0.15) is 25.5 Å². The fourth-order valence-corrected chi connectivity index (χ4v) is 4.71. The van der Waals surface area contributed by atoms with Gasteiger partial charge >= 0.3 is 0 Å². The maximum atomic E-state index is 13.3. The highest BCUT2D eigenvalue weighted by molar-refractivity contribution is 7.92. The summed E-state index contributed by atoms with van der Waals surface area (Å²) < 4.78 is 33.2. The lowest BCUT2D eigenvalue weighted by Gasteiger charge is -2.25. The first-order valence-electron chi connectivity index (χ1n) is 10.2. The van der Waals surface area contributed by atoms with Crippen LogP contribution in [0.3, 0.4) is 0 Å². The largest absolute Gasteiger partial charge is 0.494 e. The molecule has 8 heteroatoms. The Morgan fingerprint density at radius 2 is 1.62 bits per heavy atom. The van der Waals surface area contributed by atoms with Gasteiger partial charge < -0.3 is 10.1 Å². The number of ether oxygens (including phenoxy) is 1. The van der Waals surface area contributed by atoms with Gasteiger partial charge in [-0.2, -0.15) is 0 Å². The minimum atomic E-state index is -3.98. The van der Waals surface area contributed by atoms with Crippen molar-refractivity contribution < 1.29 is 17.9 Å². The van der Waals surface area contributed by atoms with E-state index < -0.39 is 15.9 Å². The van der Waals surface area contributed by atoms with Gasteiger partial charge in [0.05, 0.1) is 23.2 Å². The van der Waals surface area contributed by atoms with Crippen LogP contribution in [0.2, 0.25) is 5.02 Å². The number of rotatable bonds is 9. The number of hydrogen-bond donors (Lipinski definition) is 1. The average Bonchev–Trinajstić information content (AvgIpc) is 2.79. The first-order valence-corrected chi connectivity index (χ1v) is 12.0. The number of carbonyl (C=O) groups is 1. The van der Waals surface area contributed by atoms with Crippen LogP contribution >= 0.6 is 11.6 Å². The van der Waals surface area contributed by atoms with E-state index in [1.165, 1.54) is 24.3 Å². The minimum absolute atomic E-state index is 0.0538. The Bertz CT molecular complexity index is 1130. The van der Waals surface area contributed by atoms with Crippen molar-refractivity contribution in [3.05, 3.63) is 89.4 Å².